The zero-order chi connectivity index (χ0) is 16.3. The van der Waals surface area contributed by atoms with Gasteiger partial charge in [0.05, 0.1) is 18.0 Å². The minimum atomic E-state index is -0.389. The Labute approximate surface area is 124 Å². The maximum atomic E-state index is 12.3. The minimum Gasteiger partial charge on any atom is -0.341 e. The molecule has 0 saturated carbocycles. The first-order valence-corrected chi connectivity index (χ1v) is 6.91. The van der Waals surface area contributed by atoms with Crippen LogP contribution in [0, 0.1) is 11.8 Å². The third kappa shape index (κ3) is 3.60. The van der Waals surface area contributed by atoms with Gasteiger partial charge >= 0.3 is 5.69 Å². The molecule has 0 fully saturated rings. The second-order valence-corrected chi connectivity index (χ2v) is 5.69. The van der Waals surface area contributed by atoms with Gasteiger partial charge in [-0.25, -0.2) is 4.79 Å². The normalized spacial score (nSPS) is 12.5. The quantitative estimate of drug-likeness (QED) is 0.776. The fourth-order valence-corrected chi connectivity index (χ4v) is 2.27. The molecule has 1 aromatic heterocycles. The lowest BCUT2D eigenvalue weighted by Gasteiger charge is -2.25. The summed E-state index contributed by atoms with van der Waals surface area (Å²) >= 11 is 0. The number of aryl methyl sites for hydroxylation is 1. The maximum Gasteiger partial charge on any atom is 0.330 e. The topological polar surface area (TPSA) is 90.3 Å². The van der Waals surface area contributed by atoms with E-state index < -0.39 is 0 Å². The Bertz CT molecular complexity index is 630. The van der Waals surface area contributed by atoms with Crippen LogP contribution in [0.2, 0.25) is 0 Å². The van der Waals surface area contributed by atoms with Gasteiger partial charge < -0.3 is 15.2 Å². The number of hydrogen-bond acceptors (Lipinski definition) is 4. The van der Waals surface area contributed by atoms with Gasteiger partial charge in [-0.3, -0.25) is 14.2 Å². The molecule has 2 N–H and O–H groups in total. The molecule has 0 saturated heterocycles. The fourth-order valence-electron chi connectivity index (χ4n) is 2.27. The molecule has 1 unspecified atom stereocenters. The van der Waals surface area contributed by atoms with E-state index in [-0.39, 0.29) is 42.1 Å². The molecule has 0 aliphatic heterocycles. The van der Waals surface area contributed by atoms with Crippen LogP contribution >= 0.6 is 0 Å². The molecule has 0 radical (unpaired) electrons. The number of nitrogens with two attached hydrogens (primary N) is 1. The van der Waals surface area contributed by atoms with Crippen molar-refractivity contribution in [1.29, 1.82) is 0 Å². The van der Waals surface area contributed by atoms with Crippen molar-refractivity contribution in [2.45, 2.75) is 20.4 Å². The van der Waals surface area contributed by atoms with E-state index in [1.165, 1.54) is 22.7 Å². The van der Waals surface area contributed by atoms with Gasteiger partial charge in [0.1, 0.15) is 0 Å². The lowest BCUT2D eigenvalue weighted by molar-refractivity contribution is -0.135. The van der Waals surface area contributed by atoms with Crippen LogP contribution in [0.3, 0.4) is 0 Å². The summed E-state index contributed by atoms with van der Waals surface area (Å²) in [4.78, 5) is 37.5. The van der Waals surface area contributed by atoms with Crippen LogP contribution < -0.4 is 17.0 Å². The SMILES string of the molecule is CC(C)C(CN)C(=O)N(C)Cc1cn(C)c(=O)n(C)c1=O. The largest absolute Gasteiger partial charge is 0.341 e. The molecule has 0 spiro atoms. The van der Waals surface area contributed by atoms with Crippen LogP contribution in [0.15, 0.2) is 15.8 Å². The van der Waals surface area contributed by atoms with Crippen molar-refractivity contribution < 1.29 is 4.79 Å². The molecule has 0 aromatic carbocycles. The average molecular weight is 296 g/mol. The molecular formula is C14H24N4O3. The number of carbonyl (C=O) groups is 1. The highest BCUT2D eigenvalue weighted by Gasteiger charge is 2.24. The Kier molecular flexibility index (Phi) is 5.48. The molecule has 118 valence electrons. The highest BCUT2D eigenvalue weighted by Crippen LogP contribution is 2.13. The molecule has 7 heteroatoms. The standard InChI is InChI=1S/C14H24N4O3/c1-9(2)11(6-15)13(20)16(3)7-10-8-17(4)14(21)18(5)12(10)19/h8-9,11H,6-7,15H2,1-5H3. The predicted octanol–water partition coefficient (Wildman–Crippen LogP) is -0.727. The summed E-state index contributed by atoms with van der Waals surface area (Å²) in [6.07, 6.45) is 1.47. The first-order chi connectivity index (χ1) is 9.70. The van der Waals surface area contributed by atoms with Crippen LogP contribution in [0.25, 0.3) is 0 Å². The number of hydrogen-bond donors (Lipinski definition) is 1. The van der Waals surface area contributed by atoms with Crippen molar-refractivity contribution >= 4 is 5.91 Å². The summed E-state index contributed by atoms with van der Waals surface area (Å²) in [5.41, 5.74) is 5.27. The maximum absolute atomic E-state index is 12.3. The molecule has 1 aromatic rings. The number of aromatic nitrogens is 2. The van der Waals surface area contributed by atoms with Gasteiger partial charge in [0, 0.05) is 33.9 Å². The van der Waals surface area contributed by atoms with E-state index in [9.17, 15) is 14.4 Å². The fraction of sp³-hybridized carbons (Fsp3) is 0.643. The summed E-state index contributed by atoms with van der Waals surface area (Å²) in [5, 5.41) is 0. The van der Waals surface area contributed by atoms with E-state index in [0.29, 0.717) is 5.56 Å². The molecule has 1 rings (SSSR count). The Hall–Kier alpha value is -1.89. The van der Waals surface area contributed by atoms with E-state index in [1.807, 2.05) is 13.8 Å². The van der Waals surface area contributed by atoms with Gasteiger partial charge in [0.2, 0.25) is 5.91 Å². The van der Waals surface area contributed by atoms with E-state index in [4.69, 9.17) is 5.73 Å². The van der Waals surface area contributed by atoms with Crippen LogP contribution in [0.5, 0.6) is 0 Å². The Morgan fingerprint density at radius 1 is 1.33 bits per heavy atom. The van der Waals surface area contributed by atoms with E-state index in [1.54, 1.807) is 14.1 Å². The monoisotopic (exact) mass is 296 g/mol. The molecule has 1 atom stereocenters. The first-order valence-electron chi connectivity index (χ1n) is 6.91. The third-order valence-corrected chi connectivity index (χ3v) is 3.68. The summed E-state index contributed by atoms with van der Waals surface area (Å²) in [6, 6.07) is 0. The second kappa shape index (κ2) is 6.71. The van der Waals surface area contributed by atoms with E-state index in [2.05, 4.69) is 0 Å². The molecule has 7 nitrogen and oxygen atoms in total. The van der Waals surface area contributed by atoms with Crippen molar-refractivity contribution in [1.82, 2.24) is 14.0 Å². The average Bonchev–Trinajstić information content (AvgIpc) is 2.42. The number of amides is 1. The molecule has 0 bridgehead atoms. The number of carbonyl (C=O) groups excluding carboxylic acids is 1. The van der Waals surface area contributed by atoms with Gasteiger partial charge in [-0.05, 0) is 5.92 Å². The van der Waals surface area contributed by atoms with Crippen molar-refractivity contribution in [3.63, 3.8) is 0 Å². The molecule has 1 heterocycles. The van der Waals surface area contributed by atoms with Crippen LogP contribution in [0.1, 0.15) is 19.4 Å². The molecule has 0 aliphatic rings. The summed E-state index contributed by atoms with van der Waals surface area (Å²) < 4.78 is 2.37. The zero-order valence-electron chi connectivity index (χ0n) is 13.3. The van der Waals surface area contributed by atoms with Crippen LogP contribution in [-0.2, 0) is 25.4 Å². The van der Waals surface area contributed by atoms with Gasteiger partial charge in [0.15, 0.2) is 0 Å². The lowest BCUT2D eigenvalue weighted by Crippen LogP contribution is -2.42. The highest BCUT2D eigenvalue weighted by molar-refractivity contribution is 5.79. The van der Waals surface area contributed by atoms with Crippen molar-refractivity contribution in [3.8, 4) is 0 Å². The summed E-state index contributed by atoms with van der Waals surface area (Å²) in [6.45, 7) is 4.30. The zero-order valence-corrected chi connectivity index (χ0v) is 13.3. The van der Waals surface area contributed by atoms with Gasteiger partial charge in [0.25, 0.3) is 5.56 Å². The molecular weight excluding hydrogens is 272 g/mol. The highest BCUT2D eigenvalue weighted by atomic mass is 16.2. The van der Waals surface area contributed by atoms with E-state index >= 15 is 0 Å². The molecule has 0 aliphatic carbocycles. The number of rotatable bonds is 5. The Morgan fingerprint density at radius 3 is 2.38 bits per heavy atom. The van der Waals surface area contributed by atoms with Gasteiger partial charge in [-0.2, -0.15) is 0 Å². The molecule has 21 heavy (non-hydrogen) atoms. The summed E-state index contributed by atoms with van der Waals surface area (Å²) in [5.74, 6) is -0.234. The van der Waals surface area contributed by atoms with Crippen LogP contribution in [0.4, 0.5) is 0 Å². The third-order valence-electron chi connectivity index (χ3n) is 3.68. The van der Waals surface area contributed by atoms with Crippen molar-refractivity contribution in [2.75, 3.05) is 13.6 Å². The van der Waals surface area contributed by atoms with Crippen LogP contribution in [-0.4, -0.2) is 33.5 Å². The second-order valence-electron chi connectivity index (χ2n) is 5.69. The Balaban J connectivity index is 3.04. The smallest absolute Gasteiger partial charge is 0.330 e. The van der Waals surface area contributed by atoms with Crippen molar-refractivity contribution in [3.05, 3.63) is 32.6 Å². The van der Waals surface area contributed by atoms with Crippen molar-refractivity contribution in [2.24, 2.45) is 31.7 Å². The summed E-state index contributed by atoms with van der Waals surface area (Å²) in [7, 11) is 4.63. The predicted molar refractivity (Wildman–Crippen MR) is 80.8 cm³/mol. The first kappa shape index (κ1) is 17.2. The minimum absolute atomic E-state index is 0.0941. The Morgan fingerprint density at radius 2 is 1.90 bits per heavy atom. The molecule has 1 amide bonds. The van der Waals surface area contributed by atoms with Gasteiger partial charge in [-0.15, -0.1) is 0 Å². The number of nitrogens with zero attached hydrogens (tertiary/aromatic N) is 3. The van der Waals surface area contributed by atoms with Gasteiger partial charge in [-0.1, -0.05) is 13.8 Å². The van der Waals surface area contributed by atoms with E-state index in [0.717, 1.165) is 4.57 Å². The lowest BCUT2D eigenvalue weighted by atomic mass is 9.94.